The second-order valence-corrected chi connectivity index (χ2v) is 5.76. The van der Waals surface area contributed by atoms with Crippen LogP contribution in [0.5, 0.6) is 5.75 Å². The van der Waals surface area contributed by atoms with E-state index in [1.165, 1.54) is 19.3 Å². The standard InChI is InChI=1S/C16H26N2O2S/c1-3-4-5-10-18(2)11-14(19)12-20-15-8-6-13(7-9-15)16(17)21/h6-9,14,19H,3-5,10-12H2,1-2H3,(H2,17,21). The van der Waals surface area contributed by atoms with Crippen LogP contribution >= 0.6 is 12.2 Å². The van der Waals surface area contributed by atoms with Gasteiger partial charge >= 0.3 is 0 Å². The molecule has 1 rings (SSSR count). The summed E-state index contributed by atoms with van der Waals surface area (Å²) >= 11 is 4.89. The molecule has 1 aromatic carbocycles. The summed E-state index contributed by atoms with van der Waals surface area (Å²) in [6, 6.07) is 7.26. The smallest absolute Gasteiger partial charge is 0.119 e. The van der Waals surface area contributed by atoms with E-state index >= 15 is 0 Å². The lowest BCUT2D eigenvalue weighted by Gasteiger charge is -2.20. The van der Waals surface area contributed by atoms with Crippen molar-refractivity contribution in [1.82, 2.24) is 4.90 Å². The van der Waals surface area contributed by atoms with Crippen LogP contribution in [0.3, 0.4) is 0 Å². The molecule has 0 saturated heterocycles. The molecule has 0 spiro atoms. The molecule has 3 N–H and O–H groups in total. The number of hydrogen-bond donors (Lipinski definition) is 2. The van der Waals surface area contributed by atoms with Gasteiger partial charge in [0.25, 0.3) is 0 Å². The third kappa shape index (κ3) is 7.41. The van der Waals surface area contributed by atoms with Crippen LogP contribution in [0, 0.1) is 0 Å². The predicted molar refractivity (Wildman–Crippen MR) is 90.9 cm³/mol. The highest BCUT2D eigenvalue weighted by molar-refractivity contribution is 7.80. The Bertz CT molecular complexity index is 423. The van der Waals surface area contributed by atoms with Gasteiger partial charge in [-0.2, -0.15) is 0 Å². The Kier molecular flexibility index (Phi) is 8.27. The first-order valence-electron chi connectivity index (χ1n) is 7.42. The molecular weight excluding hydrogens is 284 g/mol. The predicted octanol–water partition coefficient (Wildman–Crippen LogP) is 2.18. The lowest BCUT2D eigenvalue weighted by molar-refractivity contribution is 0.0759. The van der Waals surface area contributed by atoms with E-state index in [0.717, 1.165) is 12.1 Å². The number of ether oxygens (including phenoxy) is 1. The molecule has 0 fully saturated rings. The molecule has 1 atom stereocenters. The molecule has 5 heteroatoms. The van der Waals surface area contributed by atoms with Crippen molar-refractivity contribution in [3.63, 3.8) is 0 Å². The summed E-state index contributed by atoms with van der Waals surface area (Å²) in [7, 11) is 2.02. The maximum absolute atomic E-state index is 9.97. The lowest BCUT2D eigenvalue weighted by Crippen LogP contribution is -2.33. The van der Waals surface area contributed by atoms with Gasteiger partial charge < -0.3 is 20.5 Å². The van der Waals surface area contributed by atoms with Crippen molar-refractivity contribution in [1.29, 1.82) is 0 Å². The van der Waals surface area contributed by atoms with E-state index in [1.54, 1.807) is 0 Å². The number of aliphatic hydroxyl groups excluding tert-OH is 1. The van der Waals surface area contributed by atoms with E-state index in [4.69, 9.17) is 22.7 Å². The zero-order valence-corrected chi connectivity index (χ0v) is 13.7. The van der Waals surface area contributed by atoms with Gasteiger partial charge in [0.05, 0.1) is 0 Å². The van der Waals surface area contributed by atoms with Gasteiger partial charge in [0.15, 0.2) is 0 Å². The largest absolute Gasteiger partial charge is 0.491 e. The number of aliphatic hydroxyl groups is 1. The topological polar surface area (TPSA) is 58.7 Å². The van der Waals surface area contributed by atoms with E-state index in [0.29, 0.717) is 17.3 Å². The molecule has 1 unspecified atom stereocenters. The highest BCUT2D eigenvalue weighted by Gasteiger charge is 2.09. The lowest BCUT2D eigenvalue weighted by atomic mass is 10.2. The number of hydrogen-bond acceptors (Lipinski definition) is 4. The monoisotopic (exact) mass is 310 g/mol. The zero-order valence-electron chi connectivity index (χ0n) is 12.9. The Labute approximate surface area is 132 Å². The number of thiocarbonyl (C=S) groups is 1. The summed E-state index contributed by atoms with van der Waals surface area (Å²) < 4.78 is 5.57. The van der Waals surface area contributed by atoms with Gasteiger partial charge in [-0.25, -0.2) is 0 Å². The molecule has 0 aromatic heterocycles. The van der Waals surface area contributed by atoms with Gasteiger partial charge in [0.2, 0.25) is 0 Å². The van der Waals surface area contributed by atoms with Gasteiger partial charge in [0.1, 0.15) is 23.4 Å². The first-order valence-corrected chi connectivity index (χ1v) is 7.83. The summed E-state index contributed by atoms with van der Waals surface area (Å²) in [5.41, 5.74) is 6.35. The first-order chi connectivity index (χ1) is 10.0. The highest BCUT2D eigenvalue weighted by Crippen LogP contribution is 2.12. The molecule has 0 aliphatic rings. The molecular formula is C16H26N2O2S. The van der Waals surface area contributed by atoms with Crippen molar-refractivity contribution in [2.24, 2.45) is 5.73 Å². The second-order valence-electron chi connectivity index (χ2n) is 5.32. The Morgan fingerprint density at radius 2 is 2.00 bits per heavy atom. The molecule has 0 bridgehead atoms. The van der Waals surface area contributed by atoms with Gasteiger partial charge in [-0.15, -0.1) is 0 Å². The van der Waals surface area contributed by atoms with Crippen LogP contribution in [0.25, 0.3) is 0 Å². The number of nitrogens with two attached hydrogens (primary N) is 1. The summed E-state index contributed by atoms with van der Waals surface area (Å²) in [6.07, 6.45) is 3.11. The molecule has 4 nitrogen and oxygen atoms in total. The highest BCUT2D eigenvalue weighted by atomic mass is 32.1. The maximum atomic E-state index is 9.97. The van der Waals surface area contributed by atoms with Gasteiger partial charge in [-0.1, -0.05) is 32.0 Å². The molecule has 0 heterocycles. The minimum absolute atomic E-state index is 0.282. The van der Waals surface area contributed by atoms with Crippen LogP contribution in [0.2, 0.25) is 0 Å². The van der Waals surface area contributed by atoms with E-state index in [9.17, 15) is 5.11 Å². The number of benzene rings is 1. The molecule has 118 valence electrons. The van der Waals surface area contributed by atoms with Crippen LogP contribution in [0.15, 0.2) is 24.3 Å². The number of likely N-dealkylation sites (N-methyl/N-ethyl adjacent to an activating group) is 1. The van der Waals surface area contributed by atoms with Crippen molar-refractivity contribution in [2.45, 2.75) is 32.3 Å². The fourth-order valence-corrected chi connectivity index (χ4v) is 2.18. The fraction of sp³-hybridized carbons (Fsp3) is 0.562. The molecule has 0 saturated carbocycles. The summed E-state index contributed by atoms with van der Waals surface area (Å²) in [4.78, 5) is 2.51. The Morgan fingerprint density at radius 3 is 2.57 bits per heavy atom. The van der Waals surface area contributed by atoms with E-state index in [1.807, 2.05) is 31.3 Å². The van der Waals surface area contributed by atoms with Crippen LogP contribution in [-0.2, 0) is 0 Å². The Morgan fingerprint density at radius 1 is 1.33 bits per heavy atom. The zero-order chi connectivity index (χ0) is 15.7. The van der Waals surface area contributed by atoms with Crippen molar-refractivity contribution in [2.75, 3.05) is 26.7 Å². The quantitative estimate of drug-likeness (QED) is 0.512. The van der Waals surface area contributed by atoms with Crippen molar-refractivity contribution < 1.29 is 9.84 Å². The average molecular weight is 310 g/mol. The maximum Gasteiger partial charge on any atom is 0.119 e. The van der Waals surface area contributed by atoms with Crippen LogP contribution < -0.4 is 10.5 Å². The third-order valence-corrected chi connectivity index (χ3v) is 3.48. The minimum atomic E-state index is -0.494. The van der Waals surface area contributed by atoms with Crippen molar-refractivity contribution in [3.05, 3.63) is 29.8 Å². The van der Waals surface area contributed by atoms with Crippen molar-refractivity contribution >= 4 is 17.2 Å². The first kappa shape index (κ1) is 17.9. The molecule has 21 heavy (non-hydrogen) atoms. The SMILES string of the molecule is CCCCCN(C)CC(O)COc1ccc(C(N)=S)cc1. The van der Waals surface area contributed by atoms with Gasteiger partial charge in [0, 0.05) is 12.1 Å². The Hall–Kier alpha value is -1.17. The van der Waals surface area contributed by atoms with E-state index < -0.39 is 6.10 Å². The van der Waals surface area contributed by atoms with Crippen molar-refractivity contribution in [3.8, 4) is 5.75 Å². The molecule has 0 radical (unpaired) electrons. The minimum Gasteiger partial charge on any atom is -0.491 e. The molecule has 0 amide bonds. The van der Waals surface area contributed by atoms with Gasteiger partial charge in [-0.3, -0.25) is 0 Å². The van der Waals surface area contributed by atoms with E-state index in [-0.39, 0.29) is 6.61 Å². The molecule has 1 aromatic rings. The summed E-state index contributed by atoms with van der Waals surface area (Å²) in [5.74, 6) is 0.711. The number of unbranched alkanes of at least 4 members (excludes halogenated alkanes) is 2. The number of nitrogens with zero attached hydrogens (tertiary/aromatic N) is 1. The normalized spacial score (nSPS) is 12.4. The van der Waals surface area contributed by atoms with Crippen LogP contribution in [-0.4, -0.2) is 47.8 Å². The second kappa shape index (κ2) is 9.71. The van der Waals surface area contributed by atoms with E-state index in [2.05, 4.69) is 11.8 Å². The van der Waals surface area contributed by atoms with Crippen LogP contribution in [0.4, 0.5) is 0 Å². The Balaban J connectivity index is 2.28. The van der Waals surface area contributed by atoms with Gasteiger partial charge in [-0.05, 0) is 44.3 Å². The number of rotatable bonds is 10. The van der Waals surface area contributed by atoms with Crippen LogP contribution in [0.1, 0.15) is 31.7 Å². The summed E-state index contributed by atoms with van der Waals surface area (Å²) in [5, 5.41) is 9.97. The summed E-state index contributed by atoms with van der Waals surface area (Å²) in [6.45, 7) is 4.10. The fourth-order valence-electron chi connectivity index (χ4n) is 2.04. The molecule has 0 aliphatic carbocycles. The third-order valence-electron chi connectivity index (χ3n) is 3.25. The molecule has 0 aliphatic heterocycles. The average Bonchev–Trinajstić information content (AvgIpc) is 2.46.